The highest BCUT2D eigenvalue weighted by atomic mass is 32.1. The molecule has 1 N–H and O–H groups in total. The fourth-order valence-electron chi connectivity index (χ4n) is 2.66. The third-order valence-electron chi connectivity index (χ3n) is 3.82. The molecular formula is C16H21NS2. The molecule has 1 unspecified atom stereocenters. The zero-order chi connectivity index (χ0) is 13.2. The maximum atomic E-state index is 3.66. The summed E-state index contributed by atoms with van der Waals surface area (Å²) in [5, 5.41) is 3.66. The van der Waals surface area contributed by atoms with E-state index in [1.807, 2.05) is 22.7 Å². The Morgan fingerprint density at radius 2 is 2.05 bits per heavy atom. The van der Waals surface area contributed by atoms with Crippen molar-refractivity contribution in [2.45, 2.75) is 52.1 Å². The first-order chi connectivity index (χ1) is 9.22. The van der Waals surface area contributed by atoms with Crippen molar-refractivity contribution >= 4 is 22.7 Å². The summed E-state index contributed by atoms with van der Waals surface area (Å²) in [4.78, 5) is 5.99. The molecule has 19 heavy (non-hydrogen) atoms. The first kappa shape index (κ1) is 13.3. The van der Waals surface area contributed by atoms with Crippen molar-refractivity contribution in [3.05, 3.63) is 43.3 Å². The lowest BCUT2D eigenvalue weighted by Gasteiger charge is -2.10. The van der Waals surface area contributed by atoms with Gasteiger partial charge in [-0.25, -0.2) is 0 Å². The molecule has 0 radical (unpaired) electrons. The molecule has 0 bridgehead atoms. The quantitative estimate of drug-likeness (QED) is 0.849. The Kier molecular flexibility index (Phi) is 4.06. The van der Waals surface area contributed by atoms with Crippen molar-refractivity contribution in [2.24, 2.45) is 0 Å². The number of thiophene rings is 2. The van der Waals surface area contributed by atoms with Gasteiger partial charge in [0.25, 0.3) is 0 Å². The number of fused-ring (bicyclic) bond motifs is 1. The minimum atomic E-state index is 0.470. The third kappa shape index (κ3) is 3.10. The summed E-state index contributed by atoms with van der Waals surface area (Å²) in [6, 6.07) is 7.35. The Hall–Kier alpha value is -0.640. The lowest BCUT2D eigenvalue weighted by atomic mass is 9.99. The SMILES string of the molecule is Cc1ccc(CNC(C)c2cc3c(s2)CCCC3)s1. The van der Waals surface area contributed by atoms with Gasteiger partial charge in [-0.05, 0) is 63.3 Å². The molecule has 1 aliphatic rings. The molecule has 0 fully saturated rings. The fourth-order valence-corrected chi connectivity index (χ4v) is 4.79. The van der Waals surface area contributed by atoms with Crippen LogP contribution in [-0.2, 0) is 19.4 Å². The van der Waals surface area contributed by atoms with E-state index in [4.69, 9.17) is 0 Å². The normalized spacial score (nSPS) is 16.3. The van der Waals surface area contributed by atoms with Crippen molar-refractivity contribution in [1.29, 1.82) is 0 Å². The first-order valence-corrected chi connectivity index (χ1v) is 8.76. The van der Waals surface area contributed by atoms with Gasteiger partial charge in [0.2, 0.25) is 0 Å². The predicted octanol–water partition coefficient (Wildman–Crippen LogP) is 4.85. The highest BCUT2D eigenvalue weighted by Gasteiger charge is 2.16. The minimum absolute atomic E-state index is 0.470. The Morgan fingerprint density at radius 1 is 1.21 bits per heavy atom. The zero-order valence-electron chi connectivity index (χ0n) is 11.7. The summed E-state index contributed by atoms with van der Waals surface area (Å²) in [5.41, 5.74) is 1.62. The second-order valence-electron chi connectivity index (χ2n) is 5.42. The molecule has 1 atom stereocenters. The second kappa shape index (κ2) is 5.78. The molecule has 0 aliphatic heterocycles. The van der Waals surface area contributed by atoms with Crippen molar-refractivity contribution in [2.75, 3.05) is 0 Å². The number of nitrogens with one attached hydrogen (secondary N) is 1. The summed E-state index contributed by atoms with van der Waals surface area (Å²) in [6.07, 6.45) is 5.35. The Morgan fingerprint density at radius 3 is 2.79 bits per heavy atom. The Bertz CT molecular complexity index is 529. The van der Waals surface area contributed by atoms with E-state index >= 15 is 0 Å². The van der Waals surface area contributed by atoms with Gasteiger partial charge in [0.05, 0.1) is 0 Å². The third-order valence-corrected chi connectivity index (χ3v) is 6.24. The standard InChI is InChI=1S/C16H21NS2/c1-11-7-8-14(18-11)10-17-12(2)16-9-13-5-3-4-6-15(13)19-16/h7-9,12,17H,3-6,10H2,1-2H3. The van der Waals surface area contributed by atoms with Crippen LogP contribution in [0.25, 0.3) is 0 Å². The molecular weight excluding hydrogens is 270 g/mol. The second-order valence-corrected chi connectivity index (χ2v) is 7.96. The molecule has 2 heterocycles. The molecule has 1 aliphatic carbocycles. The number of hydrogen-bond acceptors (Lipinski definition) is 3. The van der Waals surface area contributed by atoms with Gasteiger partial charge >= 0.3 is 0 Å². The molecule has 1 nitrogen and oxygen atoms in total. The topological polar surface area (TPSA) is 12.0 Å². The highest BCUT2D eigenvalue weighted by molar-refractivity contribution is 7.12. The number of aryl methyl sites for hydroxylation is 3. The number of rotatable bonds is 4. The van der Waals surface area contributed by atoms with Gasteiger partial charge in [-0.15, -0.1) is 22.7 Å². The molecule has 0 saturated heterocycles. The van der Waals surface area contributed by atoms with E-state index in [0.717, 1.165) is 6.54 Å². The van der Waals surface area contributed by atoms with Gasteiger partial charge < -0.3 is 5.32 Å². The molecule has 0 spiro atoms. The van der Waals surface area contributed by atoms with E-state index in [9.17, 15) is 0 Å². The van der Waals surface area contributed by atoms with Crippen LogP contribution in [0.15, 0.2) is 18.2 Å². The van der Waals surface area contributed by atoms with Crippen LogP contribution < -0.4 is 5.32 Å². The number of hydrogen-bond donors (Lipinski definition) is 1. The molecule has 2 aromatic rings. The maximum Gasteiger partial charge on any atom is 0.0389 e. The minimum Gasteiger partial charge on any atom is -0.305 e. The highest BCUT2D eigenvalue weighted by Crippen LogP contribution is 2.33. The molecule has 0 saturated carbocycles. The average molecular weight is 291 g/mol. The lowest BCUT2D eigenvalue weighted by Crippen LogP contribution is -2.16. The van der Waals surface area contributed by atoms with Gasteiger partial charge in [-0.3, -0.25) is 0 Å². The van der Waals surface area contributed by atoms with Gasteiger partial charge in [0.1, 0.15) is 0 Å². The zero-order valence-corrected chi connectivity index (χ0v) is 13.3. The lowest BCUT2D eigenvalue weighted by molar-refractivity contribution is 0.587. The molecule has 0 aromatic carbocycles. The largest absolute Gasteiger partial charge is 0.305 e. The van der Waals surface area contributed by atoms with E-state index in [1.54, 1.807) is 10.4 Å². The van der Waals surface area contributed by atoms with Crippen molar-refractivity contribution in [3.63, 3.8) is 0 Å². The predicted molar refractivity (Wildman–Crippen MR) is 85.3 cm³/mol. The summed E-state index contributed by atoms with van der Waals surface area (Å²) < 4.78 is 0. The smallest absolute Gasteiger partial charge is 0.0389 e. The fraction of sp³-hybridized carbons (Fsp3) is 0.500. The van der Waals surface area contributed by atoms with Crippen LogP contribution in [0.5, 0.6) is 0 Å². The molecule has 3 heteroatoms. The van der Waals surface area contributed by atoms with Crippen LogP contribution in [0.2, 0.25) is 0 Å². The van der Waals surface area contributed by atoms with Crippen LogP contribution >= 0.6 is 22.7 Å². The van der Waals surface area contributed by atoms with Crippen molar-refractivity contribution in [1.82, 2.24) is 5.32 Å². The molecule has 3 rings (SSSR count). The summed E-state index contributed by atoms with van der Waals surface area (Å²) >= 11 is 3.92. The average Bonchev–Trinajstić information content (AvgIpc) is 3.01. The van der Waals surface area contributed by atoms with Crippen LogP contribution in [0.4, 0.5) is 0 Å². The van der Waals surface area contributed by atoms with Crippen LogP contribution in [-0.4, -0.2) is 0 Å². The first-order valence-electron chi connectivity index (χ1n) is 7.12. The van der Waals surface area contributed by atoms with E-state index in [1.165, 1.54) is 40.3 Å². The van der Waals surface area contributed by atoms with E-state index in [2.05, 4.69) is 37.4 Å². The van der Waals surface area contributed by atoms with Crippen LogP contribution in [0, 0.1) is 6.92 Å². The van der Waals surface area contributed by atoms with Gasteiger partial charge in [0, 0.05) is 32.1 Å². The van der Waals surface area contributed by atoms with E-state index < -0.39 is 0 Å². The van der Waals surface area contributed by atoms with Gasteiger partial charge in [-0.2, -0.15) is 0 Å². The van der Waals surface area contributed by atoms with E-state index in [-0.39, 0.29) is 0 Å². The Balaban J connectivity index is 1.63. The van der Waals surface area contributed by atoms with Crippen molar-refractivity contribution in [3.8, 4) is 0 Å². The van der Waals surface area contributed by atoms with Gasteiger partial charge in [-0.1, -0.05) is 0 Å². The monoisotopic (exact) mass is 291 g/mol. The van der Waals surface area contributed by atoms with E-state index in [0.29, 0.717) is 6.04 Å². The summed E-state index contributed by atoms with van der Waals surface area (Å²) in [6.45, 7) is 5.45. The molecule has 2 aromatic heterocycles. The van der Waals surface area contributed by atoms with Gasteiger partial charge in [0.15, 0.2) is 0 Å². The summed E-state index contributed by atoms with van der Waals surface area (Å²) in [7, 11) is 0. The Labute approximate surface area is 123 Å². The summed E-state index contributed by atoms with van der Waals surface area (Å²) in [5.74, 6) is 0. The van der Waals surface area contributed by atoms with Crippen LogP contribution in [0.3, 0.4) is 0 Å². The molecule has 0 amide bonds. The van der Waals surface area contributed by atoms with Crippen LogP contribution in [0.1, 0.15) is 50.9 Å². The van der Waals surface area contributed by atoms with Crippen molar-refractivity contribution < 1.29 is 0 Å². The molecule has 102 valence electrons. The maximum absolute atomic E-state index is 3.66.